The summed E-state index contributed by atoms with van der Waals surface area (Å²) in [6, 6.07) is 16.5. The van der Waals surface area contributed by atoms with Gasteiger partial charge in [0.2, 0.25) is 0 Å². The van der Waals surface area contributed by atoms with Crippen LogP contribution in [0.1, 0.15) is 48.9 Å². The Balaban J connectivity index is 1.93. The number of hydrogen-bond donors (Lipinski definition) is 1. The second-order valence-electron chi connectivity index (χ2n) is 6.54. The molecule has 0 saturated carbocycles. The van der Waals surface area contributed by atoms with Crippen molar-refractivity contribution in [3.63, 3.8) is 0 Å². The first-order valence-electron chi connectivity index (χ1n) is 8.56. The van der Waals surface area contributed by atoms with Crippen LogP contribution in [0.15, 0.2) is 53.9 Å². The third kappa shape index (κ3) is 4.27. The average molecular weight is 353 g/mol. The highest BCUT2D eigenvalue weighted by Crippen LogP contribution is 2.35. The van der Waals surface area contributed by atoms with Crippen molar-refractivity contribution in [3.05, 3.63) is 70.0 Å². The smallest absolute Gasteiger partial charge is 0.129 e. The van der Waals surface area contributed by atoms with Crippen LogP contribution in [0.2, 0.25) is 0 Å². The summed E-state index contributed by atoms with van der Waals surface area (Å²) >= 11 is 1.60. The molecule has 0 fully saturated rings. The first-order chi connectivity index (χ1) is 12.0. The third-order valence-corrected chi connectivity index (χ3v) is 5.14. The molecule has 3 nitrogen and oxygen atoms in total. The van der Waals surface area contributed by atoms with E-state index in [1.807, 2.05) is 25.1 Å². The number of nitrogens with two attached hydrogens (primary N) is 1. The topological polar surface area (TPSA) is 48.1 Å². The molecule has 0 aliphatic rings. The van der Waals surface area contributed by atoms with Crippen LogP contribution in [-0.2, 0) is 6.61 Å². The van der Waals surface area contributed by atoms with E-state index in [0.29, 0.717) is 12.5 Å². The van der Waals surface area contributed by atoms with Gasteiger partial charge in [-0.15, -0.1) is 11.3 Å². The van der Waals surface area contributed by atoms with Crippen LogP contribution < -0.4 is 10.5 Å². The largest absolute Gasteiger partial charge is 0.488 e. The van der Waals surface area contributed by atoms with E-state index in [0.717, 1.165) is 27.6 Å². The fourth-order valence-electron chi connectivity index (χ4n) is 2.59. The second kappa shape index (κ2) is 7.81. The molecule has 1 atom stereocenters. The number of hydrogen-bond acceptors (Lipinski definition) is 4. The van der Waals surface area contributed by atoms with E-state index < -0.39 is 0 Å². The number of benzene rings is 2. The van der Waals surface area contributed by atoms with E-state index >= 15 is 0 Å². The predicted molar refractivity (Wildman–Crippen MR) is 105 cm³/mol. The molecule has 1 aromatic heterocycles. The van der Waals surface area contributed by atoms with Gasteiger partial charge in [0.25, 0.3) is 0 Å². The summed E-state index contributed by atoms with van der Waals surface area (Å²) in [4.78, 5) is 4.71. The summed E-state index contributed by atoms with van der Waals surface area (Å²) in [6.07, 6.45) is 0. The van der Waals surface area contributed by atoms with E-state index in [9.17, 15) is 0 Å². The SMILES string of the molecule is CC(C)c1ccc(OCc2ccccc2)c(-c2csc(C(C)N)n2)c1. The Labute approximate surface area is 153 Å². The number of thiazole rings is 1. The van der Waals surface area contributed by atoms with Crippen molar-refractivity contribution in [1.29, 1.82) is 0 Å². The highest BCUT2D eigenvalue weighted by Gasteiger charge is 2.14. The van der Waals surface area contributed by atoms with Gasteiger partial charge in [-0.3, -0.25) is 0 Å². The predicted octanol–water partition coefficient (Wildman–Crippen LogP) is 5.53. The fraction of sp³-hybridized carbons (Fsp3) is 0.286. The standard InChI is InChI=1S/C21H24N2OS/c1-14(2)17-9-10-20(24-12-16-7-5-4-6-8-16)18(11-17)19-13-25-21(23-19)15(3)22/h4-11,13-15H,12,22H2,1-3H3. The Morgan fingerprint density at radius 2 is 1.84 bits per heavy atom. The lowest BCUT2D eigenvalue weighted by Gasteiger charge is -2.14. The molecule has 2 N–H and O–H groups in total. The number of aromatic nitrogens is 1. The lowest BCUT2D eigenvalue weighted by molar-refractivity contribution is 0.307. The molecule has 0 spiro atoms. The molecule has 0 amide bonds. The van der Waals surface area contributed by atoms with Crippen molar-refractivity contribution in [3.8, 4) is 17.0 Å². The van der Waals surface area contributed by atoms with Gasteiger partial charge in [0.05, 0.1) is 11.7 Å². The molecule has 0 saturated heterocycles. The van der Waals surface area contributed by atoms with Crippen LogP contribution in [0, 0.1) is 0 Å². The summed E-state index contributed by atoms with van der Waals surface area (Å²) in [6.45, 7) is 6.88. The molecular weight excluding hydrogens is 328 g/mol. The van der Waals surface area contributed by atoms with Gasteiger partial charge in [-0.2, -0.15) is 0 Å². The fourth-order valence-corrected chi connectivity index (χ4v) is 3.37. The Kier molecular flexibility index (Phi) is 5.51. The van der Waals surface area contributed by atoms with Crippen molar-refractivity contribution in [1.82, 2.24) is 4.98 Å². The zero-order chi connectivity index (χ0) is 17.8. The first kappa shape index (κ1) is 17.6. The molecule has 25 heavy (non-hydrogen) atoms. The Hall–Kier alpha value is -2.17. The van der Waals surface area contributed by atoms with Crippen molar-refractivity contribution in [2.45, 2.75) is 39.3 Å². The molecular formula is C21H24N2OS. The van der Waals surface area contributed by atoms with E-state index in [1.165, 1.54) is 5.56 Å². The zero-order valence-electron chi connectivity index (χ0n) is 14.9. The lowest BCUT2D eigenvalue weighted by Crippen LogP contribution is -2.04. The maximum absolute atomic E-state index is 6.12. The van der Waals surface area contributed by atoms with Crippen molar-refractivity contribution < 1.29 is 4.74 Å². The molecule has 4 heteroatoms. The molecule has 0 aliphatic carbocycles. The highest BCUT2D eigenvalue weighted by molar-refractivity contribution is 7.10. The molecule has 130 valence electrons. The lowest BCUT2D eigenvalue weighted by atomic mass is 9.99. The molecule has 3 rings (SSSR count). The molecule has 3 aromatic rings. The molecule has 0 aliphatic heterocycles. The van der Waals surface area contributed by atoms with Crippen LogP contribution in [0.5, 0.6) is 5.75 Å². The number of rotatable bonds is 6. The van der Waals surface area contributed by atoms with Gasteiger partial charge in [0.1, 0.15) is 17.4 Å². The first-order valence-corrected chi connectivity index (χ1v) is 9.44. The molecule has 2 aromatic carbocycles. The summed E-state index contributed by atoms with van der Waals surface area (Å²) < 4.78 is 6.12. The number of ether oxygens (including phenoxy) is 1. The molecule has 0 bridgehead atoms. The van der Waals surface area contributed by atoms with Gasteiger partial charge >= 0.3 is 0 Å². The van der Waals surface area contributed by atoms with Gasteiger partial charge in [-0.05, 0) is 36.1 Å². The maximum atomic E-state index is 6.12. The minimum absolute atomic E-state index is 0.0549. The van der Waals surface area contributed by atoms with Gasteiger partial charge in [0.15, 0.2) is 0 Å². The van der Waals surface area contributed by atoms with Crippen LogP contribution in [0.3, 0.4) is 0 Å². The Morgan fingerprint density at radius 3 is 2.48 bits per heavy atom. The molecule has 1 unspecified atom stereocenters. The van der Waals surface area contributed by atoms with Crippen LogP contribution in [0.25, 0.3) is 11.3 Å². The van der Waals surface area contributed by atoms with E-state index in [2.05, 4.69) is 49.6 Å². The van der Waals surface area contributed by atoms with Crippen LogP contribution >= 0.6 is 11.3 Å². The maximum Gasteiger partial charge on any atom is 0.129 e. The Bertz CT molecular complexity index is 825. The summed E-state index contributed by atoms with van der Waals surface area (Å²) in [5.74, 6) is 1.31. The second-order valence-corrected chi connectivity index (χ2v) is 7.43. The van der Waals surface area contributed by atoms with E-state index in [1.54, 1.807) is 11.3 Å². The van der Waals surface area contributed by atoms with Crippen LogP contribution in [0.4, 0.5) is 0 Å². The van der Waals surface area contributed by atoms with Gasteiger partial charge in [0, 0.05) is 10.9 Å². The average Bonchev–Trinajstić information content (AvgIpc) is 3.11. The van der Waals surface area contributed by atoms with E-state index in [-0.39, 0.29) is 6.04 Å². The molecule has 1 heterocycles. The van der Waals surface area contributed by atoms with Crippen molar-refractivity contribution in [2.24, 2.45) is 5.73 Å². The quantitative estimate of drug-likeness (QED) is 0.634. The van der Waals surface area contributed by atoms with Gasteiger partial charge < -0.3 is 10.5 Å². The summed E-state index contributed by atoms with van der Waals surface area (Å²) in [5.41, 5.74) is 10.4. The highest BCUT2D eigenvalue weighted by atomic mass is 32.1. The van der Waals surface area contributed by atoms with Crippen molar-refractivity contribution >= 4 is 11.3 Å². The normalized spacial score (nSPS) is 12.4. The van der Waals surface area contributed by atoms with Gasteiger partial charge in [-0.25, -0.2) is 4.98 Å². The molecule has 0 radical (unpaired) electrons. The monoisotopic (exact) mass is 352 g/mol. The summed E-state index contributed by atoms with van der Waals surface area (Å²) in [5, 5.41) is 3.01. The van der Waals surface area contributed by atoms with Crippen molar-refractivity contribution in [2.75, 3.05) is 0 Å². The van der Waals surface area contributed by atoms with Gasteiger partial charge in [-0.1, -0.05) is 50.2 Å². The van der Waals surface area contributed by atoms with Crippen LogP contribution in [-0.4, -0.2) is 4.98 Å². The number of nitrogens with zero attached hydrogens (tertiary/aromatic N) is 1. The minimum Gasteiger partial charge on any atom is -0.488 e. The van der Waals surface area contributed by atoms with E-state index in [4.69, 9.17) is 15.5 Å². The minimum atomic E-state index is -0.0549. The Morgan fingerprint density at radius 1 is 1.08 bits per heavy atom. The zero-order valence-corrected chi connectivity index (χ0v) is 15.7. The summed E-state index contributed by atoms with van der Waals surface area (Å²) in [7, 11) is 0. The third-order valence-electron chi connectivity index (χ3n) is 4.09.